The number of rotatable bonds is 4. The number of nitrogens with zero attached hydrogens (tertiary/aromatic N) is 2. The van der Waals surface area contributed by atoms with Crippen LogP contribution in [0.4, 0.5) is 4.39 Å². The Balaban J connectivity index is 2.09. The molecule has 0 aliphatic heterocycles. The maximum absolute atomic E-state index is 13.6. The third-order valence-corrected chi connectivity index (χ3v) is 4.74. The van der Waals surface area contributed by atoms with Gasteiger partial charge in [0.1, 0.15) is 11.6 Å². The van der Waals surface area contributed by atoms with Crippen LogP contribution in [0, 0.1) is 5.82 Å². The zero-order valence-corrected chi connectivity index (χ0v) is 13.6. The van der Waals surface area contributed by atoms with Crippen molar-refractivity contribution in [2.45, 2.75) is 25.3 Å². The zero-order chi connectivity index (χ0) is 15.0. The first-order valence-corrected chi connectivity index (χ1v) is 8.38. The van der Waals surface area contributed by atoms with Gasteiger partial charge in [0.2, 0.25) is 0 Å². The first-order chi connectivity index (χ1) is 10.1. The number of hydrogen-bond donors (Lipinski definition) is 0. The molecule has 1 aromatic carbocycles. The fourth-order valence-electron chi connectivity index (χ4n) is 2.57. The van der Waals surface area contributed by atoms with Gasteiger partial charge in [0, 0.05) is 12.1 Å². The van der Waals surface area contributed by atoms with E-state index in [4.69, 9.17) is 23.2 Å². The highest BCUT2D eigenvalue weighted by Gasteiger charge is 2.17. The zero-order valence-electron chi connectivity index (χ0n) is 11.3. The molecule has 0 amide bonds. The van der Waals surface area contributed by atoms with Gasteiger partial charge in [0.25, 0.3) is 0 Å². The summed E-state index contributed by atoms with van der Waals surface area (Å²) >= 11 is 13.6. The number of hydrogen-bond acceptors (Lipinski definition) is 2. The molecule has 2 aromatic heterocycles. The second kappa shape index (κ2) is 5.95. The number of halogens is 3. The van der Waals surface area contributed by atoms with E-state index in [1.165, 1.54) is 11.6 Å². The standard InChI is InChI=1S/C15H13Cl2FN2S/c1-9(4-10-2-3-21-8-10)20-14-5-11(17)12(18)6-13(14)19-15(20)7-16/h2-3,5-6,8-9H,4,7H2,1H3. The summed E-state index contributed by atoms with van der Waals surface area (Å²) in [7, 11) is 0. The topological polar surface area (TPSA) is 17.8 Å². The summed E-state index contributed by atoms with van der Waals surface area (Å²) in [5.41, 5.74) is 2.67. The van der Waals surface area contributed by atoms with Crippen LogP contribution in [-0.2, 0) is 12.3 Å². The molecule has 3 rings (SSSR count). The van der Waals surface area contributed by atoms with Crippen molar-refractivity contribution in [3.8, 4) is 0 Å². The lowest BCUT2D eigenvalue weighted by Gasteiger charge is -2.16. The Kier molecular flexibility index (Phi) is 4.20. The Morgan fingerprint density at radius 2 is 2.24 bits per heavy atom. The highest BCUT2D eigenvalue weighted by molar-refractivity contribution is 7.07. The van der Waals surface area contributed by atoms with Crippen molar-refractivity contribution < 1.29 is 4.39 Å². The molecule has 0 radical (unpaired) electrons. The van der Waals surface area contributed by atoms with Gasteiger partial charge < -0.3 is 4.57 Å². The van der Waals surface area contributed by atoms with Crippen LogP contribution < -0.4 is 0 Å². The van der Waals surface area contributed by atoms with Gasteiger partial charge in [0.05, 0.1) is 21.9 Å². The number of benzene rings is 1. The summed E-state index contributed by atoms with van der Waals surface area (Å²) in [6.45, 7) is 2.10. The predicted octanol–water partition coefficient (Wildman–Crippen LogP) is 5.43. The molecule has 1 unspecified atom stereocenters. The van der Waals surface area contributed by atoms with Crippen molar-refractivity contribution in [2.75, 3.05) is 0 Å². The quantitative estimate of drug-likeness (QED) is 0.577. The molecule has 0 aliphatic rings. The summed E-state index contributed by atoms with van der Waals surface area (Å²) < 4.78 is 15.6. The van der Waals surface area contributed by atoms with E-state index in [1.807, 2.05) is 4.57 Å². The van der Waals surface area contributed by atoms with E-state index < -0.39 is 5.82 Å². The maximum Gasteiger partial charge on any atom is 0.144 e. The van der Waals surface area contributed by atoms with Crippen LogP contribution in [0.25, 0.3) is 11.0 Å². The van der Waals surface area contributed by atoms with Crippen LogP contribution in [0.3, 0.4) is 0 Å². The van der Waals surface area contributed by atoms with Crippen molar-refractivity contribution in [2.24, 2.45) is 0 Å². The van der Waals surface area contributed by atoms with Gasteiger partial charge in [-0.1, -0.05) is 11.6 Å². The summed E-state index contributed by atoms with van der Waals surface area (Å²) in [6, 6.07) is 5.26. The van der Waals surface area contributed by atoms with Gasteiger partial charge >= 0.3 is 0 Å². The number of thiophene rings is 1. The van der Waals surface area contributed by atoms with Gasteiger partial charge in [-0.25, -0.2) is 9.37 Å². The number of alkyl halides is 1. The molecule has 110 valence electrons. The Hall–Kier alpha value is -1.10. The summed E-state index contributed by atoms with van der Waals surface area (Å²) in [5.74, 6) is 0.554. The van der Waals surface area contributed by atoms with Crippen LogP contribution in [-0.4, -0.2) is 9.55 Å². The van der Waals surface area contributed by atoms with Crippen molar-refractivity contribution in [1.29, 1.82) is 0 Å². The number of aromatic nitrogens is 2. The summed E-state index contributed by atoms with van der Waals surface area (Å²) in [4.78, 5) is 4.42. The fraction of sp³-hybridized carbons (Fsp3) is 0.267. The van der Waals surface area contributed by atoms with Gasteiger partial charge in [-0.15, -0.1) is 11.6 Å². The van der Waals surface area contributed by atoms with E-state index in [-0.39, 0.29) is 16.9 Å². The van der Waals surface area contributed by atoms with Crippen LogP contribution in [0.2, 0.25) is 5.02 Å². The lowest BCUT2D eigenvalue weighted by atomic mass is 10.1. The van der Waals surface area contributed by atoms with E-state index in [9.17, 15) is 4.39 Å². The highest BCUT2D eigenvalue weighted by Crippen LogP contribution is 2.29. The number of imidazole rings is 1. The number of fused-ring (bicyclic) bond motifs is 1. The maximum atomic E-state index is 13.6. The van der Waals surface area contributed by atoms with Crippen LogP contribution >= 0.6 is 34.5 Å². The van der Waals surface area contributed by atoms with E-state index >= 15 is 0 Å². The second-order valence-electron chi connectivity index (χ2n) is 4.97. The smallest absolute Gasteiger partial charge is 0.144 e. The van der Waals surface area contributed by atoms with Crippen molar-refractivity contribution in [3.05, 3.63) is 51.2 Å². The molecule has 3 aromatic rings. The molecule has 0 saturated carbocycles. The molecule has 0 aliphatic carbocycles. The first-order valence-electron chi connectivity index (χ1n) is 6.53. The first kappa shape index (κ1) is 14.8. The minimum atomic E-state index is -0.458. The summed E-state index contributed by atoms with van der Waals surface area (Å²) in [6.07, 6.45) is 0.869. The van der Waals surface area contributed by atoms with Crippen LogP contribution in [0.15, 0.2) is 29.0 Å². The third-order valence-electron chi connectivity index (χ3n) is 3.48. The van der Waals surface area contributed by atoms with Crippen molar-refractivity contribution in [3.63, 3.8) is 0 Å². The molecule has 0 spiro atoms. The predicted molar refractivity (Wildman–Crippen MR) is 87.0 cm³/mol. The molecule has 0 N–H and O–H groups in total. The van der Waals surface area contributed by atoms with E-state index in [0.29, 0.717) is 5.52 Å². The SMILES string of the molecule is CC(Cc1ccsc1)n1c(CCl)nc2cc(F)c(Cl)cc21. The van der Waals surface area contributed by atoms with E-state index in [1.54, 1.807) is 17.4 Å². The van der Waals surface area contributed by atoms with Crippen molar-refractivity contribution in [1.82, 2.24) is 9.55 Å². The minimum absolute atomic E-state index is 0.104. The monoisotopic (exact) mass is 342 g/mol. The molecule has 1 atom stereocenters. The molecule has 6 heteroatoms. The lowest BCUT2D eigenvalue weighted by molar-refractivity contribution is 0.544. The molecular formula is C15H13Cl2FN2S. The van der Waals surface area contributed by atoms with Gasteiger partial charge in [-0.05, 0) is 41.8 Å². The van der Waals surface area contributed by atoms with Gasteiger partial charge in [0.15, 0.2) is 0 Å². The van der Waals surface area contributed by atoms with E-state index in [0.717, 1.165) is 17.8 Å². The second-order valence-corrected chi connectivity index (χ2v) is 6.43. The molecule has 2 nitrogen and oxygen atoms in total. The van der Waals surface area contributed by atoms with Crippen LogP contribution in [0.1, 0.15) is 24.4 Å². The third kappa shape index (κ3) is 2.80. The van der Waals surface area contributed by atoms with Gasteiger partial charge in [-0.3, -0.25) is 0 Å². The fourth-order valence-corrected chi connectivity index (χ4v) is 3.60. The average molecular weight is 343 g/mol. The molecular weight excluding hydrogens is 330 g/mol. The highest BCUT2D eigenvalue weighted by atomic mass is 35.5. The van der Waals surface area contributed by atoms with Gasteiger partial charge in [-0.2, -0.15) is 11.3 Å². The minimum Gasteiger partial charge on any atom is -0.324 e. The van der Waals surface area contributed by atoms with Crippen LogP contribution in [0.5, 0.6) is 0 Å². The molecule has 21 heavy (non-hydrogen) atoms. The normalized spacial score (nSPS) is 13.0. The van der Waals surface area contributed by atoms with E-state index in [2.05, 4.69) is 28.7 Å². The summed E-state index contributed by atoms with van der Waals surface area (Å²) in [5, 5.41) is 4.29. The Labute approximate surface area is 136 Å². The Bertz CT molecular complexity index is 768. The average Bonchev–Trinajstić information content (AvgIpc) is 3.06. The molecule has 2 heterocycles. The lowest BCUT2D eigenvalue weighted by Crippen LogP contribution is -2.11. The molecule has 0 fully saturated rings. The Morgan fingerprint density at radius 3 is 2.90 bits per heavy atom. The van der Waals surface area contributed by atoms with Crippen molar-refractivity contribution >= 4 is 45.6 Å². The molecule has 0 saturated heterocycles. The Morgan fingerprint density at radius 1 is 1.43 bits per heavy atom. The largest absolute Gasteiger partial charge is 0.324 e. The molecule has 0 bridgehead atoms.